The maximum atomic E-state index is 12.1. The second-order valence-corrected chi connectivity index (χ2v) is 5.75. The molecule has 0 spiro atoms. The fourth-order valence-corrected chi connectivity index (χ4v) is 2.41. The number of aryl methyl sites for hydroxylation is 2. The van der Waals surface area contributed by atoms with E-state index in [2.05, 4.69) is 20.6 Å². The fraction of sp³-hybridized carbons (Fsp3) is 0.211. The number of carbonyl (C=O) groups is 1. The summed E-state index contributed by atoms with van der Waals surface area (Å²) in [5.41, 5.74) is 5.03. The standard InChI is InChI=1S/C19H20N4O2/c1-12-13(2)22-18-10-15(6-9-17(18)21-12)23-19(24)20-11-14-4-7-16(25-3)8-5-14/h4-10H,11H2,1-3H3,(H2,20,23,24). The number of hydrogen-bond donors (Lipinski definition) is 2. The Kier molecular flexibility index (Phi) is 4.79. The predicted octanol–water partition coefficient (Wildman–Crippen LogP) is 3.58. The van der Waals surface area contributed by atoms with Crippen LogP contribution in [0.2, 0.25) is 0 Å². The summed E-state index contributed by atoms with van der Waals surface area (Å²) in [6.45, 7) is 4.28. The highest BCUT2D eigenvalue weighted by atomic mass is 16.5. The second-order valence-electron chi connectivity index (χ2n) is 5.75. The summed E-state index contributed by atoms with van der Waals surface area (Å²) >= 11 is 0. The zero-order chi connectivity index (χ0) is 17.8. The van der Waals surface area contributed by atoms with E-state index in [4.69, 9.17) is 4.74 Å². The maximum absolute atomic E-state index is 12.1. The zero-order valence-corrected chi connectivity index (χ0v) is 14.5. The van der Waals surface area contributed by atoms with Gasteiger partial charge in [-0.3, -0.25) is 0 Å². The summed E-state index contributed by atoms with van der Waals surface area (Å²) in [6.07, 6.45) is 0. The van der Waals surface area contributed by atoms with E-state index < -0.39 is 0 Å². The van der Waals surface area contributed by atoms with Crippen LogP contribution < -0.4 is 15.4 Å². The minimum absolute atomic E-state index is 0.271. The van der Waals surface area contributed by atoms with Gasteiger partial charge in [0.05, 0.1) is 29.5 Å². The van der Waals surface area contributed by atoms with Gasteiger partial charge in [-0.2, -0.15) is 0 Å². The lowest BCUT2D eigenvalue weighted by Crippen LogP contribution is -2.28. The van der Waals surface area contributed by atoms with E-state index in [1.807, 2.05) is 56.3 Å². The van der Waals surface area contributed by atoms with E-state index in [1.165, 1.54) is 0 Å². The Morgan fingerprint density at radius 3 is 2.36 bits per heavy atom. The number of hydrogen-bond acceptors (Lipinski definition) is 4. The maximum Gasteiger partial charge on any atom is 0.319 e. The van der Waals surface area contributed by atoms with Gasteiger partial charge in [0, 0.05) is 12.2 Å². The molecule has 0 unspecified atom stereocenters. The van der Waals surface area contributed by atoms with Crippen LogP contribution in [0.5, 0.6) is 5.75 Å². The smallest absolute Gasteiger partial charge is 0.319 e. The SMILES string of the molecule is COc1ccc(CNC(=O)Nc2ccc3nc(C)c(C)nc3c2)cc1. The molecule has 2 amide bonds. The first-order valence-electron chi connectivity index (χ1n) is 7.98. The summed E-state index contributed by atoms with van der Waals surface area (Å²) in [5, 5.41) is 5.64. The lowest BCUT2D eigenvalue weighted by atomic mass is 10.2. The van der Waals surface area contributed by atoms with E-state index in [0.29, 0.717) is 12.2 Å². The number of benzene rings is 2. The number of aromatic nitrogens is 2. The first-order chi connectivity index (χ1) is 12.0. The van der Waals surface area contributed by atoms with Crippen molar-refractivity contribution in [2.24, 2.45) is 0 Å². The molecule has 0 aliphatic carbocycles. The molecule has 0 saturated heterocycles. The molecule has 3 aromatic rings. The van der Waals surface area contributed by atoms with E-state index in [0.717, 1.165) is 33.7 Å². The number of carbonyl (C=O) groups excluding carboxylic acids is 1. The second kappa shape index (κ2) is 7.17. The topological polar surface area (TPSA) is 76.1 Å². The molecule has 25 heavy (non-hydrogen) atoms. The number of ether oxygens (including phenoxy) is 1. The molecular weight excluding hydrogens is 316 g/mol. The van der Waals surface area contributed by atoms with Crippen LogP contribution in [0.4, 0.5) is 10.5 Å². The van der Waals surface area contributed by atoms with Crippen LogP contribution in [-0.2, 0) is 6.54 Å². The molecule has 2 aromatic carbocycles. The third kappa shape index (κ3) is 4.03. The molecule has 0 aliphatic rings. The number of fused-ring (bicyclic) bond motifs is 1. The van der Waals surface area contributed by atoms with E-state index in [-0.39, 0.29) is 6.03 Å². The van der Waals surface area contributed by atoms with Crippen molar-refractivity contribution < 1.29 is 9.53 Å². The molecular formula is C19H20N4O2. The van der Waals surface area contributed by atoms with E-state index >= 15 is 0 Å². The van der Waals surface area contributed by atoms with Gasteiger partial charge in [0.1, 0.15) is 5.75 Å². The molecule has 0 fully saturated rings. The lowest BCUT2D eigenvalue weighted by molar-refractivity contribution is 0.251. The van der Waals surface area contributed by atoms with Gasteiger partial charge in [-0.25, -0.2) is 14.8 Å². The van der Waals surface area contributed by atoms with Crippen molar-refractivity contribution in [2.45, 2.75) is 20.4 Å². The van der Waals surface area contributed by atoms with Crippen LogP contribution in [0.25, 0.3) is 11.0 Å². The lowest BCUT2D eigenvalue weighted by Gasteiger charge is -2.09. The van der Waals surface area contributed by atoms with Gasteiger partial charge in [0.2, 0.25) is 0 Å². The highest BCUT2D eigenvalue weighted by Gasteiger charge is 2.06. The minimum Gasteiger partial charge on any atom is -0.497 e. The number of anilines is 1. The van der Waals surface area contributed by atoms with Gasteiger partial charge in [-0.1, -0.05) is 12.1 Å². The quantitative estimate of drug-likeness (QED) is 0.763. The van der Waals surface area contributed by atoms with Crippen LogP contribution in [-0.4, -0.2) is 23.1 Å². The van der Waals surface area contributed by atoms with Crippen molar-refractivity contribution in [3.8, 4) is 5.75 Å². The van der Waals surface area contributed by atoms with Crippen molar-refractivity contribution in [2.75, 3.05) is 12.4 Å². The van der Waals surface area contributed by atoms with Crippen LogP contribution in [0.3, 0.4) is 0 Å². The van der Waals surface area contributed by atoms with Gasteiger partial charge in [-0.15, -0.1) is 0 Å². The Balaban J connectivity index is 1.63. The Hall–Kier alpha value is -3.15. The summed E-state index contributed by atoms with van der Waals surface area (Å²) in [5.74, 6) is 0.788. The predicted molar refractivity (Wildman–Crippen MR) is 97.9 cm³/mol. The van der Waals surface area contributed by atoms with Crippen LogP contribution >= 0.6 is 0 Å². The average molecular weight is 336 g/mol. The molecule has 128 valence electrons. The normalized spacial score (nSPS) is 10.5. The monoisotopic (exact) mass is 336 g/mol. The number of rotatable bonds is 4. The van der Waals surface area contributed by atoms with E-state index in [9.17, 15) is 4.79 Å². The Morgan fingerprint density at radius 1 is 1.00 bits per heavy atom. The minimum atomic E-state index is -0.271. The van der Waals surface area contributed by atoms with E-state index in [1.54, 1.807) is 7.11 Å². The van der Waals surface area contributed by atoms with Crippen molar-refractivity contribution in [3.63, 3.8) is 0 Å². The highest BCUT2D eigenvalue weighted by Crippen LogP contribution is 2.17. The average Bonchev–Trinajstić information content (AvgIpc) is 2.61. The van der Waals surface area contributed by atoms with Crippen LogP contribution in [0.1, 0.15) is 17.0 Å². The summed E-state index contributed by atoms with van der Waals surface area (Å²) in [7, 11) is 1.62. The van der Waals surface area contributed by atoms with Crippen LogP contribution in [0.15, 0.2) is 42.5 Å². The molecule has 3 rings (SSSR count). The fourth-order valence-electron chi connectivity index (χ4n) is 2.41. The molecule has 0 atom stereocenters. The number of amides is 2. The number of nitrogens with zero attached hydrogens (tertiary/aromatic N) is 2. The molecule has 0 bridgehead atoms. The van der Waals surface area contributed by atoms with Crippen LogP contribution in [0, 0.1) is 13.8 Å². The molecule has 0 saturated carbocycles. The van der Waals surface area contributed by atoms with Crippen molar-refractivity contribution >= 4 is 22.8 Å². The summed E-state index contributed by atoms with van der Waals surface area (Å²) < 4.78 is 5.11. The third-order valence-corrected chi connectivity index (χ3v) is 3.95. The number of urea groups is 1. The van der Waals surface area contributed by atoms with Gasteiger partial charge >= 0.3 is 6.03 Å². The Bertz CT molecular complexity index is 907. The number of nitrogens with one attached hydrogen (secondary N) is 2. The van der Waals surface area contributed by atoms with Crippen molar-refractivity contribution in [3.05, 3.63) is 59.4 Å². The van der Waals surface area contributed by atoms with Gasteiger partial charge in [0.25, 0.3) is 0 Å². The zero-order valence-electron chi connectivity index (χ0n) is 14.5. The first-order valence-corrected chi connectivity index (χ1v) is 7.98. The van der Waals surface area contributed by atoms with Crippen molar-refractivity contribution in [1.82, 2.24) is 15.3 Å². The highest BCUT2D eigenvalue weighted by molar-refractivity contribution is 5.91. The summed E-state index contributed by atoms with van der Waals surface area (Å²) in [6, 6.07) is 12.8. The molecule has 0 radical (unpaired) electrons. The molecule has 6 heteroatoms. The molecule has 6 nitrogen and oxygen atoms in total. The molecule has 2 N–H and O–H groups in total. The molecule has 1 heterocycles. The number of methoxy groups -OCH3 is 1. The molecule has 0 aliphatic heterocycles. The van der Waals surface area contributed by atoms with Gasteiger partial charge < -0.3 is 15.4 Å². The van der Waals surface area contributed by atoms with Gasteiger partial charge in [-0.05, 0) is 49.7 Å². The summed E-state index contributed by atoms with van der Waals surface area (Å²) in [4.78, 5) is 21.1. The Labute approximate surface area is 146 Å². The first kappa shape index (κ1) is 16.7. The van der Waals surface area contributed by atoms with Gasteiger partial charge in [0.15, 0.2) is 0 Å². The van der Waals surface area contributed by atoms with Crippen molar-refractivity contribution in [1.29, 1.82) is 0 Å². The Morgan fingerprint density at radius 2 is 1.68 bits per heavy atom. The molecule has 1 aromatic heterocycles. The third-order valence-electron chi connectivity index (χ3n) is 3.95. The largest absolute Gasteiger partial charge is 0.497 e.